The molecule has 0 atom stereocenters. The summed E-state index contributed by atoms with van der Waals surface area (Å²) >= 11 is 0. The van der Waals surface area contributed by atoms with Gasteiger partial charge in [-0.05, 0) is 19.9 Å². The molecule has 0 amide bonds. The second-order valence-corrected chi connectivity index (χ2v) is 3.56. The fraction of sp³-hybridized carbons (Fsp3) is 0.364. The van der Waals surface area contributed by atoms with Crippen LogP contribution in [0, 0.1) is 15.9 Å². The summed E-state index contributed by atoms with van der Waals surface area (Å²) in [5.41, 5.74) is -1.19. The van der Waals surface area contributed by atoms with Crippen molar-refractivity contribution < 1.29 is 19.2 Å². The van der Waals surface area contributed by atoms with Crippen molar-refractivity contribution in [1.29, 1.82) is 0 Å². The molecular formula is C11H13FN2O4. The molecule has 0 heterocycles. The van der Waals surface area contributed by atoms with Gasteiger partial charge in [-0.15, -0.1) is 0 Å². The highest BCUT2D eigenvalue weighted by molar-refractivity contribution is 5.93. The highest BCUT2D eigenvalue weighted by Gasteiger charge is 2.24. The summed E-state index contributed by atoms with van der Waals surface area (Å²) in [5.74, 6) is -2.24. The maximum absolute atomic E-state index is 13.7. The maximum Gasteiger partial charge on any atom is 0.342 e. The number of aromatic carboxylic acids is 1. The largest absolute Gasteiger partial charge is 0.477 e. The van der Waals surface area contributed by atoms with Gasteiger partial charge in [0.2, 0.25) is 0 Å². The number of nitro groups is 1. The minimum absolute atomic E-state index is 0.0583. The van der Waals surface area contributed by atoms with Gasteiger partial charge in [-0.2, -0.15) is 0 Å². The van der Waals surface area contributed by atoms with Gasteiger partial charge in [-0.3, -0.25) is 10.1 Å². The average molecular weight is 256 g/mol. The molecule has 1 aromatic carbocycles. The molecule has 1 N–H and O–H groups in total. The lowest BCUT2D eigenvalue weighted by molar-refractivity contribution is -0.385. The lowest BCUT2D eigenvalue weighted by Crippen LogP contribution is -2.23. The summed E-state index contributed by atoms with van der Waals surface area (Å²) in [5, 5.41) is 19.6. The minimum atomic E-state index is -1.45. The molecule has 0 fully saturated rings. The SMILES string of the molecule is CCN(CC)c1cc(C(=O)O)c([N+](=O)[O-])cc1F. The van der Waals surface area contributed by atoms with Crippen LogP contribution in [-0.2, 0) is 0 Å². The number of nitrogens with zero attached hydrogens (tertiary/aromatic N) is 2. The van der Waals surface area contributed by atoms with Crippen molar-refractivity contribution in [3.63, 3.8) is 0 Å². The number of anilines is 1. The number of nitro benzene ring substituents is 1. The summed E-state index contributed by atoms with van der Waals surface area (Å²) in [4.78, 5) is 22.3. The Hall–Kier alpha value is -2.18. The Morgan fingerprint density at radius 2 is 2.00 bits per heavy atom. The predicted molar refractivity (Wildman–Crippen MR) is 63.6 cm³/mol. The first kappa shape index (κ1) is 13.9. The first-order chi connectivity index (χ1) is 8.42. The van der Waals surface area contributed by atoms with Gasteiger partial charge in [-0.1, -0.05) is 0 Å². The molecular weight excluding hydrogens is 243 g/mol. The van der Waals surface area contributed by atoms with E-state index in [0.717, 1.165) is 6.07 Å². The quantitative estimate of drug-likeness (QED) is 0.645. The molecule has 0 aliphatic carbocycles. The number of rotatable bonds is 5. The minimum Gasteiger partial charge on any atom is -0.477 e. The predicted octanol–water partition coefficient (Wildman–Crippen LogP) is 2.28. The van der Waals surface area contributed by atoms with Crippen LogP contribution in [0.1, 0.15) is 24.2 Å². The van der Waals surface area contributed by atoms with Crippen molar-refractivity contribution in [2.24, 2.45) is 0 Å². The zero-order valence-corrected chi connectivity index (χ0v) is 10.0. The monoisotopic (exact) mass is 256 g/mol. The molecule has 1 rings (SSSR count). The second kappa shape index (κ2) is 5.44. The molecule has 0 spiro atoms. The molecule has 0 unspecified atom stereocenters. The molecule has 18 heavy (non-hydrogen) atoms. The molecule has 0 saturated heterocycles. The van der Waals surface area contributed by atoms with Crippen molar-refractivity contribution in [1.82, 2.24) is 0 Å². The van der Waals surface area contributed by atoms with Crippen molar-refractivity contribution in [2.75, 3.05) is 18.0 Å². The maximum atomic E-state index is 13.7. The van der Waals surface area contributed by atoms with Gasteiger partial charge in [-0.25, -0.2) is 9.18 Å². The lowest BCUT2D eigenvalue weighted by Gasteiger charge is -2.21. The van der Waals surface area contributed by atoms with Crippen LogP contribution in [-0.4, -0.2) is 29.1 Å². The number of hydrogen-bond acceptors (Lipinski definition) is 4. The summed E-state index contributed by atoms with van der Waals surface area (Å²) in [6.45, 7) is 4.52. The first-order valence-electron chi connectivity index (χ1n) is 5.38. The van der Waals surface area contributed by atoms with Gasteiger partial charge in [0.15, 0.2) is 5.82 Å². The number of carbonyl (C=O) groups is 1. The van der Waals surface area contributed by atoms with E-state index in [1.807, 2.05) is 0 Å². The van der Waals surface area contributed by atoms with Crippen molar-refractivity contribution in [2.45, 2.75) is 13.8 Å². The Labute approximate surface area is 103 Å². The number of halogens is 1. The van der Waals surface area contributed by atoms with Crippen molar-refractivity contribution >= 4 is 17.3 Å². The van der Waals surface area contributed by atoms with E-state index in [4.69, 9.17) is 5.11 Å². The van der Waals surface area contributed by atoms with Crippen molar-refractivity contribution in [3.8, 4) is 0 Å². The third kappa shape index (κ3) is 2.55. The van der Waals surface area contributed by atoms with E-state index < -0.39 is 28.0 Å². The van der Waals surface area contributed by atoms with Crippen LogP contribution in [0.15, 0.2) is 12.1 Å². The Morgan fingerprint density at radius 1 is 1.44 bits per heavy atom. The smallest absolute Gasteiger partial charge is 0.342 e. The van der Waals surface area contributed by atoms with Crippen LogP contribution in [0.25, 0.3) is 0 Å². The molecule has 7 heteroatoms. The normalized spacial score (nSPS) is 10.2. The Balaban J connectivity index is 3.44. The van der Waals surface area contributed by atoms with Crippen LogP contribution >= 0.6 is 0 Å². The van der Waals surface area contributed by atoms with E-state index in [2.05, 4.69) is 0 Å². The number of hydrogen-bond donors (Lipinski definition) is 1. The van der Waals surface area contributed by atoms with E-state index >= 15 is 0 Å². The molecule has 6 nitrogen and oxygen atoms in total. The van der Waals surface area contributed by atoms with Gasteiger partial charge >= 0.3 is 5.97 Å². The van der Waals surface area contributed by atoms with E-state index in [0.29, 0.717) is 19.2 Å². The van der Waals surface area contributed by atoms with E-state index in [1.165, 1.54) is 0 Å². The molecule has 1 aromatic rings. The number of benzene rings is 1. The van der Waals surface area contributed by atoms with E-state index in [1.54, 1.807) is 18.7 Å². The van der Waals surface area contributed by atoms with Gasteiger partial charge in [0.1, 0.15) is 5.56 Å². The summed E-state index contributed by atoms with van der Waals surface area (Å²) in [6, 6.07) is 1.65. The van der Waals surface area contributed by atoms with Gasteiger partial charge in [0.25, 0.3) is 5.69 Å². The fourth-order valence-electron chi connectivity index (χ4n) is 1.68. The third-order valence-electron chi connectivity index (χ3n) is 2.60. The topological polar surface area (TPSA) is 83.7 Å². The van der Waals surface area contributed by atoms with Gasteiger partial charge in [0.05, 0.1) is 16.7 Å². The molecule has 0 saturated carbocycles. The second-order valence-electron chi connectivity index (χ2n) is 3.56. The summed E-state index contributed by atoms with van der Waals surface area (Å²) in [7, 11) is 0. The molecule has 0 radical (unpaired) electrons. The highest BCUT2D eigenvalue weighted by atomic mass is 19.1. The van der Waals surface area contributed by atoms with E-state index in [9.17, 15) is 19.3 Å². The zero-order valence-electron chi connectivity index (χ0n) is 10.0. The number of carboxylic acid groups (broad SMARTS) is 1. The fourth-order valence-corrected chi connectivity index (χ4v) is 1.68. The van der Waals surface area contributed by atoms with Gasteiger partial charge < -0.3 is 10.0 Å². The Bertz CT molecular complexity index is 486. The summed E-state index contributed by atoms with van der Waals surface area (Å²) < 4.78 is 13.7. The number of carboxylic acids is 1. The zero-order chi connectivity index (χ0) is 13.9. The molecule has 0 aliphatic rings. The molecule has 98 valence electrons. The van der Waals surface area contributed by atoms with Crippen LogP contribution in [0.5, 0.6) is 0 Å². The summed E-state index contributed by atoms with van der Waals surface area (Å²) in [6.07, 6.45) is 0. The van der Waals surface area contributed by atoms with Crippen molar-refractivity contribution in [3.05, 3.63) is 33.6 Å². The standard InChI is InChI=1S/C11H13FN2O4/c1-3-13(4-2)10-5-7(11(15)16)9(14(17)18)6-8(10)12/h5-6H,3-4H2,1-2H3,(H,15,16). The Kier molecular flexibility index (Phi) is 4.19. The molecule has 0 aromatic heterocycles. The highest BCUT2D eigenvalue weighted by Crippen LogP contribution is 2.28. The van der Waals surface area contributed by atoms with Crippen LogP contribution < -0.4 is 4.90 Å². The van der Waals surface area contributed by atoms with Crippen LogP contribution in [0.3, 0.4) is 0 Å². The lowest BCUT2D eigenvalue weighted by atomic mass is 10.1. The average Bonchev–Trinajstić information content (AvgIpc) is 2.31. The van der Waals surface area contributed by atoms with Crippen LogP contribution in [0.4, 0.5) is 15.8 Å². The first-order valence-corrected chi connectivity index (χ1v) is 5.38. The van der Waals surface area contributed by atoms with Gasteiger partial charge in [0, 0.05) is 13.1 Å². The van der Waals surface area contributed by atoms with E-state index in [-0.39, 0.29) is 5.69 Å². The Morgan fingerprint density at radius 3 is 2.39 bits per heavy atom. The third-order valence-corrected chi connectivity index (χ3v) is 2.60. The molecule has 0 aliphatic heterocycles. The molecule has 0 bridgehead atoms. The van der Waals surface area contributed by atoms with Crippen LogP contribution in [0.2, 0.25) is 0 Å².